The number of nitrogen functional groups attached to an aromatic ring is 1. The van der Waals surface area contributed by atoms with Crippen LogP contribution in [0.2, 0.25) is 5.02 Å². The van der Waals surface area contributed by atoms with E-state index in [4.69, 9.17) is 27.8 Å². The van der Waals surface area contributed by atoms with E-state index in [9.17, 15) is 9.18 Å². The molecule has 1 atom stereocenters. The molecular formula is C24H25ClFN5O2. The second-order valence-electron chi connectivity index (χ2n) is 7.93. The lowest BCUT2D eigenvalue weighted by Crippen LogP contribution is -2.33. The molecule has 33 heavy (non-hydrogen) atoms. The average Bonchev–Trinajstić information content (AvgIpc) is 2.83. The van der Waals surface area contributed by atoms with Crippen molar-refractivity contribution in [2.24, 2.45) is 5.73 Å². The lowest BCUT2D eigenvalue weighted by molar-refractivity contribution is 0.0844. The molecule has 9 heteroatoms. The zero-order valence-corrected chi connectivity index (χ0v) is 18.7. The van der Waals surface area contributed by atoms with E-state index in [-0.39, 0.29) is 23.8 Å². The molecule has 1 aliphatic rings. The summed E-state index contributed by atoms with van der Waals surface area (Å²) in [4.78, 5) is 21.7. The first kappa shape index (κ1) is 23.1. The highest BCUT2D eigenvalue weighted by Gasteiger charge is 2.21. The Morgan fingerprint density at radius 3 is 2.73 bits per heavy atom. The first-order valence-electron chi connectivity index (χ1n) is 10.7. The van der Waals surface area contributed by atoms with Gasteiger partial charge in [0.25, 0.3) is 5.91 Å². The van der Waals surface area contributed by atoms with Crippen LogP contribution in [0.15, 0.2) is 48.7 Å². The summed E-state index contributed by atoms with van der Waals surface area (Å²) >= 11 is 6.03. The van der Waals surface area contributed by atoms with Gasteiger partial charge in [0.05, 0.1) is 23.5 Å². The fraction of sp³-hybridized carbons (Fsp3) is 0.292. The summed E-state index contributed by atoms with van der Waals surface area (Å²) in [5.74, 6) is -0.847. The van der Waals surface area contributed by atoms with Gasteiger partial charge in [0, 0.05) is 36.3 Å². The summed E-state index contributed by atoms with van der Waals surface area (Å²) in [7, 11) is 0. The molecule has 0 radical (unpaired) electrons. The molecule has 7 nitrogen and oxygen atoms in total. The van der Waals surface area contributed by atoms with E-state index in [1.54, 1.807) is 36.5 Å². The fourth-order valence-electron chi connectivity index (χ4n) is 3.90. The number of hydrogen-bond donors (Lipinski definition) is 3. The number of amides is 1. The number of aromatic nitrogens is 2. The number of nitrogens with two attached hydrogens (primary N) is 2. The zero-order chi connectivity index (χ0) is 23.4. The lowest BCUT2D eigenvalue weighted by Gasteiger charge is -2.22. The van der Waals surface area contributed by atoms with Gasteiger partial charge in [-0.3, -0.25) is 4.79 Å². The van der Waals surface area contributed by atoms with Crippen LogP contribution in [-0.4, -0.2) is 35.6 Å². The standard InChI is InChI=1S/C24H25ClFN5O2/c25-17-3-1-2-15(10-17)20(12-27)31-24(32)18-5-4-16(11-19(18)26)22-23(28)29-13-21(30-22)14-6-8-33-9-7-14/h1-5,10-11,13-14,20H,6-9,12,27H2,(H2,28,29)(H,31,32)/t20-/m1/s1. The molecule has 0 aliphatic carbocycles. The largest absolute Gasteiger partial charge is 0.382 e. The van der Waals surface area contributed by atoms with Gasteiger partial charge in [-0.2, -0.15) is 0 Å². The monoisotopic (exact) mass is 469 g/mol. The van der Waals surface area contributed by atoms with Gasteiger partial charge in [0.1, 0.15) is 17.3 Å². The van der Waals surface area contributed by atoms with Crippen molar-refractivity contribution in [3.8, 4) is 11.3 Å². The van der Waals surface area contributed by atoms with E-state index >= 15 is 0 Å². The molecule has 1 saturated heterocycles. The number of carbonyl (C=O) groups is 1. The molecule has 0 saturated carbocycles. The van der Waals surface area contributed by atoms with Crippen molar-refractivity contribution in [3.63, 3.8) is 0 Å². The first-order chi connectivity index (χ1) is 16.0. The van der Waals surface area contributed by atoms with Crippen molar-refractivity contribution in [2.45, 2.75) is 24.8 Å². The smallest absolute Gasteiger partial charge is 0.254 e. The van der Waals surface area contributed by atoms with E-state index in [0.717, 1.165) is 24.1 Å². The SMILES string of the molecule is NC[C@@H](NC(=O)c1ccc(-c2nc(C3CCOCC3)cnc2N)cc1F)c1cccc(Cl)c1. The normalized spacial score (nSPS) is 15.2. The van der Waals surface area contributed by atoms with Crippen molar-refractivity contribution >= 4 is 23.3 Å². The summed E-state index contributed by atoms with van der Waals surface area (Å²) in [5.41, 5.74) is 14.1. The van der Waals surface area contributed by atoms with E-state index in [2.05, 4.69) is 15.3 Å². The summed E-state index contributed by atoms with van der Waals surface area (Å²) in [6.45, 7) is 1.48. The van der Waals surface area contributed by atoms with Gasteiger partial charge in [-0.15, -0.1) is 0 Å². The van der Waals surface area contributed by atoms with E-state index in [1.807, 2.05) is 0 Å². The van der Waals surface area contributed by atoms with Crippen LogP contribution < -0.4 is 16.8 Å². The van der Waals surface area contributed by atoms with Gasteiger partial charge >= 0.3 is 0 Å². The Morgan fingerprint density at radius 2 is 2.03 bits per heavy atom. The van der Waals surface area contributed by atoms with Gasteiger partial charge < -0.3 is 21.5 Å². The Labute approximate surface area is 196 Å². The fourth-order valence-corrected chi connectivity index (χ4v) is 4.10. The van der Waals surface area contributed by atoms with Crippen LogP contribution in [0.25, 0.3) is 11.3 Å². The molecule has 0 bridgehead atoms. The molecule has 1 aromatic heterocycles. The Balaban J connectivity index is 1.56. The number of benzene rings is 2. The predicted octanol–water partition coefficient (Wildman–Crippen LogP) is 3.84. The third-order valence-corrected chi connectivity index (χ3v) is 5.97. The molecule has 2 aromatic carbocycles. The Bertz CT molecular complexity index is 1150. The Kier molecular flexibility index (Phi) is 7.17. The van der Waals surface area contributed by atoms with Gasteiger partial charge in [-0.05, 0) is 42.7 Å². The summed E-state index contributed by atoms with van der Waals surface area (Å²) in [5, 5.41) is 3.29. The minimum atomic E-state index is -0.690. The molecule has 1 fully saturated rings. The van der Waals surface area contributed by atoms with Crippen molar-refractivity contribution in [2.75, 3.05) is 25.5 Å². The second-order valence-corrected chi connectivity index (χ2v) is 8.36. The molecule has 2 heterocycles. The van der Waals surface area contributed by atoms with Gasteiger partial charge in [0.2, 0.25) is 0 Å². The van der Waals surface area contributed by atoms with Gasteiger partial charge in [-0.25, -0.2) is 14.4 Å². The summed E-state index contributed by atoms with van der Waals surface area (Å²) < 4.78 is 20.4. The third kappa shape index (κ3) is 5.30. The van der Waals surface area contributed by atoms with Crippen LogP contribution in [0.1, 0.15) is 46.4 Å². The lowest BCUT2D eigenvalue weighted by atomic mass is 9.96. The molecule has 1 aliphatic heterocycles. The number of carbonyl (C=O) groups excluding carboxylic acids is 1. The molecular weight excluding hydrogens is 445 g/mol. The number of ether oxygens (including phenoxy) is 1. The van der Waals surface area contributed by atoms with Gasteiger partial charge in [0.15, 0.2) is 0 Å². The zero-order valence-electron chi connectivity index (χ0n) is 17.9. The maximum Gasteiger partial charge on any atom is 0.254 e. The van der Waals surface area contributed by atoms with E-state index in [0.29, 0.717) is 29.5 Å². The number of nitrogens with zero attached hydrogens (tertiary/aromatic N) is 2. The van der Waals surface area contributed by atoms with Crippen molar-refractivity contribution < 1.29 is 13.9 Å². The summed E-state index contributed by atoms with van der Waals surface area (Å²) in [6.07, 6.45) is 3.36. The van der Waals surface area contributed by atoms with Crippen LogP contribution in [-0.2, 0) is 4.74 Å². The molecule has 5 N–H and O–H groups in total. The number of anilines is 1. The predicted molar refractivity (Wildman–Crippen MR) is 125 cm³/mol. The van der Waals surface area contributed by atoms with Crippen LogP contribution in [0, 0.1) is 5.82 Å². The molecule has 1 amide bonds. The molecule has 172 valence electrons. The van der Waals surface area contributed by atoms with E-state index in [1.165, 1.54) is 12.1 Å². The number of hydrogen-bond acceptors (Lipinski definition) is 6. The van der Waals surface area contributed by atoms with Crippen LogP contribution in [0.5, 0.6) is 0 Å². The Hall–Kier alpha value is -3.07. The van der Waals surface area contributed by atoms with E-state index < -0.39 is 17.8 Å². The van der Waals surface area contributed by atoms with Crippen LogP contribution >= 0.6 is 11.6 Å². The molecule has 3 aromatic rings. The minimum absolute atomic E-state index is 0.105. The van der Waals surface area contributed by atoms with Crippen molar-refractivity contribution in [1.29, 1.82) is 0 Å². The maximum atomic E-state index is 15.0. The average molecular weight is 470 g/mol. The molecule has 0 spiro atoms. The third-order valence-electron chi connectivity index (χ3n) is 5.74. The van der Waals surface area contributed by atoms with Crippen LogP contribution in [0.4, 0.5) is 10.2 Å². The molecule has 0 unspecified atom stereocenters. The first-order valence-corrected chi connectivity index (χ1v) is 11.1. The highest BCUT2D eigenvalue weighted by Crippen LogP contribution is 2.30. The summed E-state index contributed by atoms with van der Waals surface area (Å²) in [6, 6.07) is 10.8. The highest BCUT2D eigenvalue weighted by molar-refractivity contribution is 6.30. The highest BCUT2D eigenvalue weighted by atomic mass is 35.5. The maximum absolute atomic E-state index is 15.0. The number of nitrogens with one attached hydrogen (secondary N) is 1. The van der Waals surface area contributed by atoms with Crippen LogP contribution in [0.3, 0.4) is 0 Å². The number of rotatable bonds is 6. The van der Waals surface area contributed by atoms with Crippen molar-refractivity contribution in [3.05, 3.63) is 76.3 Å². The van der Waals surface area contributed by atoms with Gasteiger partial charge in [-0.1, -0.05) is 29.8 Å². The Morgan fingerprint density at radius 1 is 1.24 bits per heavy atom. The second kappa shape index (κ2) is 10.2. The minimum Gasteiger partial charge on any atom is -0.382 e. The number of halogens is 2. The molecule has 4 rings (SSSR count). The topological polar surface area (TPSA) is 116 Å². The quantitative estimate of drug-likeness (QED) is 0.505. The van der Waals surface area contributed by atoms with Crippen molar-refractivity contribution in [1.82, 2.24) is 15.3 Å².